The lowest BCUT2D eigenvalue weighted by atomic mass is 9.80. The molecule has 1 spiro atoms. The van der Waals surface area contributed by atoms with Crippen LogP contribution in [0, 0.1) is 0 Å². The highest BCUT2D eigenvalue weighted by Crippen LogP contribution is 2.47. The molecule has 0 N–H and O–H groups in total. The fourth-order valence-corrected chi connectivity index (χ4v) is 4.29. The van der Waals surface area contributed by atoms with Gasteiger partial charge in [-0.15, -0.1) is 0 Å². The van der Waals surface area contributed by atoms with Gasteiger partial charge in [-0.05, 0) is 24.0 Å². The van der Waals surface area contributed by atoms with Gasteiger partial charge in [0.2, 0.25) is 11.8 Å². The number of likely N-dealkylation sites (tertiary alicyclic amines) is 1. The number of benzene rings is 1. The third-order valence-electron chi connectivity index (χ3n) is 5.64. The molecule has 1 unspecified atom stereocenters. The molecule has 7 heteroatoms. The Morgan fingerprint density at radius 1 is 1.26 bits per heavy atom. The monoisotopic (exact) mass is 362 g/mol. The van der Waals surface area contributed by atoms with E-state index < -0.39 is 5.41 Å². The Hall–Kier alpha value is -3.22. The Bertz CT molecular complexity index is 1070. The van der Waals surface area contributed by atoms with Gasteiger partial charge in [0.25, 0.3) is 0 Å². The summed E-state index contributed by atoms with van der Waals surface area (Å²) in [6.45, 7) is 0.106. The van der Waals surface area contributed by atoms with Crippen molar-refractivity contribution in [1.29, 1.82) is 0 Å². The average molecular weight is 362 g/mol. The molecule has 27 heavy (non-hydrogen) atoms. The Balaban J connectivity index is 1.42. The van der Waals surface area contributed by atoms with Crippen LogP contribution in [0.1, 0.15) is 29.7 Å². The molecule has 1 aromatic carbocycles. The lowest BCUT2D eigenvalue weighted by molar-refractivity contribution is -0.140. The van der Waals surface area contributed by atoms with Crippen molar-refractivity contribution in [2.24, 2.45) is 7.05 Å². The van der Waals surface area contributed by atoms with Crippen molar-refractivity contribution in [2.45, 2.75) is 31.2 Å². The zero-order chi connectivity index (χ0) is 18.6. The van der Waals surface area contributed by atoms with Gasteiger partial charge in [0, 0.05) is 31.3 Å². The predicted octanol–water partition coefficient (Wildman–Crippen LogP) is 2.22. The Morgan fingerprint density at radius 2 is 2.11 bits per heavy atom. The molecule has 5 rings (SSSR count). The van der Waals surface area contributed by atoms with Crippen molar-refractivity contribution in [1.82, 2.24) is 19.8 Å². The van der Waals surface area contributed by atoms with E-state index in [2.05, 4.69) is 10.3 Å². The predicted molar refractivity (Wildman–Crippen MR) is 95.3 cm³/mol. The van der Waals surface area contributed by atoms with Crippen molar-refractivity contribution in [2.75, 3.05) is 0 Å². The number of nitrogens with zero attached hydrogens (tertiary/aromatic N) is 4. The third kappa shape index (κ3) is 2.34. The van der Waals surface area contributed by atoms with Crippen LogP contribution in [0.3, 0.4) is 0 Å². The van der Waals surface area contributed by atoms with E-state index in [9.17, 15) is 9.59 Å². The summed E-state index contributed by atoms with van der Waals surface area (Å²) in [4.78, 5) is 27.2. The zero-order valence-electron chi connectivity index (χ0n) is 14.9. The first-order chi connectivity index (χ1) is 13.1. The van der Waals surface area contributed by atoms with E-state index in [1.807, 2.05) is 37.5 Å². The summed E-state index contributed by atoms with van der Waals surface area (Å²) in [6.07, 6.45) is 5.27. The molecule has 2 aromatic heterocycles. The van der Waals surface area contributed by atoms with Crippen molar-refractivity contribution in [3.05, 3.63) is 59.6 Å². The number of carbonyl (C=O) groups excluding carboxylic acids is 2. The molecule has 2 amide bonds. The number of hydrogen-bond donors (Lipinski definition) is 0. The fourth-order valence-electron chi connectivity index (χ4n) is 4.29. The summed E-state index contributed by atoms with van der Waals surface area (Å²) in [6, 6.07) is 9.69. The number of carbonyl (C=O) groups is 2. The van der Waals surface area contributed by atoms with E-state index in [4.69, 9.17) is 4.52 Å². The van der Waals surface area contributed by atoms with Gasteiger partial charge in [0.1, 0.15) is 5.69 Å². The molecule has 7 nitrogen and oxygen atoms in total. The molecule has 2 aliphatic rings. The Morgan fingerprint density at radius 3 is 2.93 bits per heavy atom. The van der Waals surface area contributed by atoms with Crippen LogP contribution in [0.5, 0.6) is 0 Å². The van der Waals surface area contributed by atoms with Crippen LogP contribution in [-0.2, 0) is 35.0 Å². The highest BCUT2D eigenvalue weighted by molar-refractivity contribution is 6.09. The van der Waals surface area contributed by atoms with Crippen molar-refractivity contribution in [3.63, 3.8) is 0 Å². The molecule has 136 valence electrons. The van der Waals surface area contributed by atoms with Gasteiger partial charge in [-0.3, -0.25) is 19.2 Å². The maximum absolute atomic E-state index is 13.2. The second-order valence-corrected chi connectivity index (χ2v) is 7.28. The molecule has 0 bridgehead atoms. The van der Waals surface area contributed by atoms with Crippen molar-refractivity contribution >= 4 is 11.8 Å². The Labute approximate surface area is 155 Å². The molecule has 1 saturated heterocycles. The zero-order valence-corrected chi connectivity index (χ0v) is 14.9. The van der Waals surface area contributed by atoms with Gasteiger partial charge in [-0.25, -0.2) is 0 Å². The van der Waals surface area contributed by atoms with Crippen LogP contribution in [-0.4, -0.2) is 31.7 Å². The highest BCUT2D eigenvalue weighted by atomic mass is 16.5. The summed E-state index contributed by atoms with van der Waals surface area (Å²) in [5.41, 5.74) is 2.92. The van der Waals surface area contributed by atoms with Gasteiger partial charge in [-0.2, -0.15) is 5.10 Å². The summed E-state index contributed by atoms with van der Waals surface area (Å²) < 4.78 is 7.05. The van der Waals surface area contributed by atoms with Gasteiger partial charge < -0.3 is 4.52 Å². The molecule has 3 aromatic rings. The molecular formula is C20H18N4O3. The van der Waals surface area contributed by atoms with E-state index in [0.29, 0.717) is 17.9 Å². The number of fused-ring (bicyclic) bond motifs is 2. The minimum atomic E-state index is -0.708. The maximum Gasteiger partial charge on any atom is 0.240 e. The molecule has 0 radical (unpaired) electrons. The Kier molecular flexibility index (Phi) is 3.34. The van der Waals surface area contributed by atoms with Gasteiger partial charge >= 0.3 is 0 Å². The van der Waals surface area contributed by atoms with Crippen LogP contribution in [0.15, 0.2) is 47.2 Å². The van der Waals surface area contributed by atoms with E-state index in [0.717, 1.165) is 17.5 Å². The molecule has 3 heterocycles. The van der Waals surface area contributed by atoms with Gasteiger partial charge in [0.05, 0.1) is 18.2 Å². The summed E-state index contributed by atoms with van der Waals surface area (Å²) >= 11 is 0. The number of aryl methyl sites for hydroxylation is 2. The summed E-state index contributed by atoms with van der Waals surface area (Å²) in [7, 11) is 1.82. The number of amides is 2. The normalized spacial score (nSPS) is 21.4. The molecule has 1 fully saturated rings. The topological polar surface area (TPSA) is 81.2 Å². The van der Waals surface area contributed by atoms with E-state index in [1.165, 1.54) is 10.5 Å². The molecule has 1 aliphatic carbocycles. The number of imide groups is 1. The maximum atomic E-state index is 13.2. The first-order valence-electron chi connectivity index (χ1n) is 8.95. The highest BCUT2D eigenvalue weighted by Gasteiger charge is 2.55. The second kappa shape index (κ2) is 5.64. The molecule has 0 saturated carbocycles. The van der Waals surface area contributed by atoms with Gasteiger partial charge in [0.15, 0.2) is 5.76 Å². The lowest BCUT2D eigenvalue weighted by Gasteiger charge is -2.22. The largest absolute Gasteiger partial charge is 0.359 e. The first kappa shape index (κ1) is 16.0. The quantitative estimate of drug-likeness (QED) is 0.668. The van der Waals surface area contributed by atoms with Crippen LogP contribution in [0.25, 0.3) is 11.3 Å². The molecular weight excluding hydrogens is 344 g/mol. The van der Waals surface area contributed by atoms with Crippen LogP contribution in [0.4, 0.5) is 0 Å². The SMILES string of the molecule is Cn1cc(-c2cc(CN3C(=O)CC4(CCc5ccccc54)C3=O)on2)cn1. The van der Waals surface area contributed by atoms with E-state index in [-0.39, 0.29) is 24.8 Å². The first-order valence-corrected chi connectivity index (χ1v) is 8.95. The van der Waals surface area contributed by atoms with Gasteiger partial charge in [-0.1, -0.05) is 29.4 Å². The van der Waals surface area contributed by atoms with Crippen LogP contribution < -0.4 is 0 Å². The van der Waals surface area contributed by atoms with E-state index >= 15 is 0 Å². The standard InChI is InChI=1S/C20H18N4O3/c1-23-11-14(10-21-23)17-8-15(27-22-17)12-24-18(25)9-20(19(24)26)7-6-13-4-2-3-5-16(13)20/h2-5,8,10-11H,6-7,9,12H2,1H3. The third-order valence-corrected chi connectivity index (χ3v) is 5.64. The number of rotatable bonds is 3. The molecule has 1 aliphatic heterocycles. The van der Waals surface area contributed by atoms with Crippen LogP contribution in [0.2, 0.25) is 0 Å². The van der Waals surface area contributed by atoms with Crippen molar-refractivity contribution < 1.29 is 14.1 Å². The smallest absolute Gasteiger partial charge is 0.240 e. The fraction of sp³-hybridized carbons (Fsp3) is 0.300. The summed E-state index contributed by atoms with van der Waals surface area (Å²) in [5.74, 6) is 0.201. The van der Waals surface area contributed by atoms with E-state index in [1.54, 1.807) is 16.9 Å². The molecule has 1 atom stereocenters. The number of hydrogen-bond acceptors (Lipinski definition) is 5. The van der Waals surface area contributed by atoms with Crippen LogP contribution >= 0.6 is 0 Å². The average Bonchev–Trinajstić information content (AvgIpc) is 3.42. The minimum absolute atomic E-state index is 0.106. The second-order valence-electron chi connectivity index (χ2n) is 7.28. The lowest BCUT2D eigenvalue weighted by Crippen LogP contribution is -2.36. The summed E-state index contributed by atoms with van der Waals surface area (Å²) in [5, 5.41) is 8.15. The minimum Gasteiger partial charge on any atom is -0.359 e. The number of aromatic nitrogens is 3. The van der Waals surface area contributed by atoms with Crippen molar-refractivity contribution in [3.8, 4) is 11.3 Å².